The number of carbonyl (C=O) groups excluding carboxylic acids is 1. The quantitative estimate of drug-likeness (QED) is 0.774. The molecule has 0 aromatic carbocycles. The summed E-state index contributed by atoms with van der Waals surface area (Å²) < 4.78 is 5.38. The number of allylic oxidation sites excluding steroid dienone is 1. The molecular weight excluding hydrogens is 354 g/mol. The number of aromatic nitrogens is 2. The van der Waals surface area contributed by atoms with Gasteiger partial charge in [0.15, 0.2) is 0 Å². The normalized spacial score (nSPS) is 18.6. The highest BCUT2D eigenvalue weighted by Gasteiger charge is 2.27. The molecule has 4 heterocycles. The van der Waals surface area contributed by atoms with Gasteiger partial charge in [0.25, 0.3) is 5.91 Å². The topological polar surface area (TPSA) is 79.4 Å². The van der Waals surface area contributed by atoms with Crippen LogP contribution < -0.4 is 10.6 Å². The highest BCUT2D eigenvalue weighted by molar-refractivity contribution is 6.32. The maximum absolute atomic E-state index is 12.6. The van der Waals surface area contributed by atoms with Gasteiger partial charge in [-0.1, -0.05) is 0 Å². The molecule has 146 valence electrons. The first-order chi connectivity index (χ1) is 13.6. The van der Waals surface area contributed by atoms with Gasteiger partial charge < -0.3 is 15.4 Å². The van der Waals surface area contributed by atoms with E-state index in [2.05, 4.69) is 25.5 Å². The first-order valence-corrected chi connectivity index (χ1v) is 9.61. The molecule has 1 amide bonds. The second kappa shape index (κ2) is 8.08. The molecule has 2 aromatic rings. The fourth-order valence-electron chi connectivity index (χ4n) is 3.64. The molecule has 2 N–H and O–H groups in total. The van der Waals surface area contributed by atoms with Crippen molar-refractivity contribution in [2.75, 3.05) is 44.7 Å². The van der Waals surface area contributed by atoms with Gasteiger partial charge in [-0.2, -0.15) is 0 Å². The SMILES string of the molecule is CC(NCCN1CCOCC1)=C1C(=O)Nc2cnc(-c3cnccc3C)cc21. The Kier molecular flexibility index (Phi) is 5.36. The van der Waals surface area contributed by atoms with Crippen molar-refractivity contribution in [3.63, 3.8) is 0 Å². The predicted octanol–water partition coefficient (Wildman–Crippen LogP) is 2.06. The van der Waals surface area contributed by atoms with E-state index in [1.165, 1.54) is 0 Å². The van der Waals surface area contributed by atoms with Gasteiger partial charge in [0.1, 0.15) is 0 Å². The Bertz CT molecular complexity index is 919. The Balaban J connectivity index is 1.55. The van der Waals surface area contributed by atoms with Gasteiger partial charge in [-0.05, 0) is 31.5 Å². The summed E-state index contributed by atoms with van der Waals surface area (Å²) in [5, 5.41) is 6.34. The van der Waals surface area contributed by atoms with Crippen LogP contribution in [0.25, 0.3) is 16.8 Å². The molecule has 0 unspecified atom stereocenters. The van der Waals surface area contributed by atoms with E-state index in [9.17, 15) is 4.79 Å². The smallest absolute Gasteiger partial charge is 0.258 e. The van der Waals surface area contributed by atoms with E-state index >= 15 is 0 Å². The molecule has 1 fully saturated rings. The van der Waals surface area contributed by atoms with Gasteiger partial charge in [-0.3, -0.25) is 19.7 Å². The van der Waals surface area contributed by atoms with Crippen LogP contribution in [0.5, 0.6) is 0 Å². The summed E-state index contributed by atoms with van der Waals surface area (Å²) in [5.74, 6) is -0.0896. The Morgan fingerprint density at radius 3 is 2.89 bits per heavy atom. The van der Waals surface area contributed by atoms with Crippen LogP contribution in [-0.4, -0.2) is 60.2 Å². The van der Waals surface area contributed by atoms with Crippen LogP contribution in [0, 0.1) is 6.92 Å². The minimum Gasteiger partial charge on any atom is -0.387 e. The van der Waals surface area contributed by atoms with Crippen molar-refractivity contribution >= 4 is 17.2 Å². The van der Waals surface area contributed by atoms with Crippen LogP contribution >= 0.6 is 0 Å². The molecule has 0 atom stereocenters. The monoisotopic (exact) mass is 379 g/mol. The largest absolute Gasteiger partial charge is 0.387 e. The lowest BCUT2D eigenvalue weighted by atomic mass is 10.0. The van der Waals surface area contributed by atoms with Crippen LogP contribution in [0.1, 0.15) is 18.1 Å². The fourth-order valence-corrected chi connectivity index (χ4v) is 3.64. The Morgan fingerprint density at radius 2 is 2.11 bits per heavy atom. The number of rotatable bonds is 5. The number of ether oxygens (including phenoxy) is 1. The van der Waals surface area contributed by atoms with E-state index in [4.69, 9.17) is 4.74 Å². The standard InChI is InChI=1S/C21H25N5O2/c1-14-3-4-22-12-17(14)18-11-16-19(13-24-18)25-21(27)20(16)15(2)23-5-6-26-7-9-28-10-8-26/h3-4,11-13,23H,5-10H2,1-2H3,(H,25,27). The molecule has 7 heteroatoms. The summed E-state index contributed by atoms with van der Waals surface area (Å²) in [6.45, 7) is 9.21. The zero-order valence-corrected chi connectivity index (χ0v) is 16.3. The maximum atomic E-state index is 12.6. The highest BCUT2D eigenvalue weighted by Crippen LogP contribution is 2.35. The van der Waals surface area contributed by atoms with Crippen molar-refractivity contribution in [3.05, 3.63) is 47.5 Å². The molecule has 2 aliphatic rings. The molecule has 2 aromatic heterocycles. The highest BCUT2D eigenvalue weighted by atomic mass is 16.5. The van der Waals surface area contributed by atoms with Crippen molar-refractivity contribution in [2.45, 2.75) is 13.8 Å². The molecule has 0 spiro atoms. The number of nitrogens with one attached hydrogen (secondary N) is 2. The predicted molar refractivity (Wildman–Crippen MR) is 109 cm³/mol. The van der Waals surface area contributed by atoms with Gasteiger partial charge in [0.2, 0.25) is 0 Å². The zero-order valence-electron chi connectivity index (χ0n) is 16.3. The average molecular weight is 379 g/mol. The summed E-state index contributed by atoms with van der Waals surface area (Å²) in [7, 11) is 0. The number of anilines is 1. The van der Waals surface area contributed by atoms with E-state index in [1.54, 1.807) is 12.4 Å². The Labute approximate surface area is 164 Å². The maximum Gasteiger partial charge on any atom is 0.258 e. The third-order valence-corrected chi connectivity index (χ3v) is 5.26. The van der Waals surface area contributed by atoms with Gasteiger partial charge in [0, 0.05) is 55.4 Å². The number of amides is 1. The van der Waals surface area contributed by atoms with Gasteiger partial charge in [-0.15, -0.1) is 0 Å². The number of hydrogen-bond donors (Lipinski definition) is 2. The van der Waals surface area contributed by atoms with E-state index in [0.717, 1.165) is 73.2 Å². The van der Waals surface area contributed by atoms with Crippen LogP contribution in [0.3, 0.4) is 0 Å². The number of hydrogen-bond acceptors (Lipinski definition) is 6. The molecule has 2 aliphatic heterocycles. The molecule has 28 heavy (non-hydrogen) atoms. The summed E-state index contributed by atoms with van der Waals surface area (Å²) in [4.78, 5) is 23.7. The number of morpholine rings is 1. The molecule has 0 radical (unpaired) electrons. The Hall–Kier alpha value is -2.77. The fraction of sp³-hybridized carbons (Fsp3) is 0.381. The van der Waals surface area contributed by atoms with Crippen LogP contribution in [0.15, 0.2) is 36.4 Å². The van der Waals surface area contributed by atoms with Crippen molar-refractivity contribution in [1.82, 2.24) is 20.2 Å². The Morgan fingerprint density at radius 1 is 1.29 bits per heavy atom. The summed E-state index contributed by atoms with van der Waals surface area (Å²) >= 11 is 0. The third kappa shape index (κ3) is 3.76. The van der Waals surface area contributed by atoms with E-state index < -0.39 is 0 Å². The van der Waals surface area contributed by atoms with Crippen LogP contribution in [0.2, 0.25) is 0 Å². The van der Waals surface area contributed by atoms with Crippen molar-refractivity contribution < 1.29 is 9.53 Å². The van der Waals surface area contributed by atoms with Crippen LogP contribution in [-0.2, 0) is 9.53 Å². The molecule has 0 saturated carbocycles. The second-order valence-corrected chi connectivity index (χ2v) is 7.14. The van der Waals surface area contributed by atoms with Crippen molar-refractivity contribution in [1.29, 1.82) is 0 Å². The molecule has 7 nitrogen and oxygen atoms in total. The first kappa shape index (κ1) is 18.6. The first-order valence-electron chi connectivity index (χ1n) is 9.61. The summed E-state index contributed by atoms with van der Waals surface area (Å²) in [5.41, 5.74) is 6.09. The molecule has 0 aliphatic carbocycles. The third-order valence-electron chi connectivity index (χ3n) is 5.26. The molecule has 4 rings (SSSR count). The van der Waals surface area contributed by atoms with Gasteiger partial charge in [0.05, 0.1) is 36.4 Å². The van der Waals surface area contributed by atoms with E-state index in [1.807, 2.05) is 32.2 Å². The minimum atomic E-state index is -0.0896. The lowest BCUT2D eigenvalue weighted by Crippen LogP contribution is -2.40. The zero-order chi connectivity index (χ0) is 19.5. The number of nitrogens with zero attached hydrogens (tertiary/aromatic N) is 3. The number of pyridine rings is 2. The lowest BCUT2D eigenvalue weighted by Gasteiger charge is -2.26. The number of fused-ring (bicyclic) bond motifs is 1. The van der Waals surface area contributed by atoms with Crippen molar-refractivity contribution in [3.8, 4) is 11.3 Å². The molecular formula is C21H25N5O2. The molecule has 0 bridgehead atoms. The lowest BCUT2D eigenvalue weighted by molar-refractivity contribution is -0.110. The second-order valence-electron chi connectivity index (χ2n) is 7.14. The number of aryl methyl sites for hydroxylation is 1. The van der Waals surface area contributed by atoms with E-state index in [0.29, 0.717) is 5.57 Å². The van der Waals surface area contributed by atoms with Crippen LogP contribution in [0.4, 0.5) is 5.69 Å². The van der Waals surface area contributed by atoms with Crippen molar-refractivity contribution in [2.24, 2.45) is 0 Å². The minimum absolute atomic E-state index is 0.0896. The summed E-state index contributed by atoms with van der Waals surface area (Å²) in [6, 6.07) is 3.93. The van der Waals surface area contributed by atoms with Gasteiger partial charge in [-0.25, -0.2) is 0 Å². The summed E-state index contributed by atoms with van der Waals surface area (Å²) in [6.07, 6.45) is 5.30. The van der Waals surface area contributed by atoms with Gasteiger partial charge >= 0.3 is 0 Å². The average Bonchev–Trinajstić information content (AvgIpc) is 3.04. The van der Waals surface area contributed by atoms with E-state index in [-0.39, 0.29) is 5.91 Å². The molecule has 1 saturated heterocycles. The number of carbonyl (C=O) groups is 1.